The zero-order chi connectivity index (χ0) is 17.9. The smallest absolute Gasteiger partial charge is 0.284 e. The predicted octanol–water partition coefficient (Wildman–Crippen LogP) is 6.62. The molecule has 3 aromatic carbocycles. The van der Waals surface area contributed by atoms with Crippen molar-refractivity contribution < 1.29 is 17.9 Å². The van der Waals surface area contributed by atoms with Gasteiger partial charge < -0.3 is 0 Å². The van der Waals surface area contributed by atoms with E-state index in [0.29, 0.717) is 5.56 Å². The Kier molecular flexibility index (Phi) is 4.91. The molecule has 0 spiro atoms. The van der Waals surface area contributed by atoms with Gasteiger partial charge in [0, 0.05) is 0 Å². The van der Waals surface area contributed by atoms with Gasteiger partial charge >= 0.3 is 6.36 Å². The summed E-state index contributed by atoms with van der Waals surface area (Å²) in [6.45, 7) is 1.41. The molecule has 0 saturated heterocycles. The second kappa shape index (κ2) is 7.11. The number of rotatable bonds is 4. The highest BCUT2D eigenvalue weighted by atomic mass is 19.4. The quantitative estimate of drug-likeness (QED) is 0.518. The van der Waals surface area contributed by atoms with Crippen molar-refractivity contribution >= 4 is 0 Å². The van der Waals surface area contributed by atoms with Crippen LogP contribution in [0.1, 0.15) is 18.6 Å². The van der Waals surface area contributed by atoms with Gasteiger partial charge in [-0.1, -0.05) is 78.9 Å². The number of ether oxygens (including phenoxy) is 1. The molecule has 128 valence electrons. The Morgan fingerprint density at radius 1 is 0.680 bits per heavy atom. The van der Waals surface area contributed by atoms with Gasteiger partial charge in [-0.25, -0.2) is 0 Å². The molecule has 0 amide bonds. The van der Waals surface area contributed by atoms with E-state index in [-0.39, 0.29) is 0 Å². The van der Waals surface area contributed by atoms with Gasteiger partial charge in [-0.3, -0.25) is 4.74 Å². The Morgan fingerprint density at radius 2 is 1.20 bits per heavy atom. The third kappa shape index (κ3) is 4.28. The van der Waals surface area contributed by atoms with E-state index < -0.39 is 12.5 Å². The van der Waals surface area contributed by atoms with Crippen LogP contribution in [-0.4, -0.2) is 6.36 Å². The first-order chi connectivity index (χ1) is 11.9. The van der Waals surface area contributed by atoms with Crippen LogP contribution in [0.4, 0.5) is 13.2 Å². The lowest BCUT2D eigenvalue weighted by atomic mass is 9.95. The SMILES string of the molecule is CC(OC(F)(F)F)c1ccccc1-c1ccc(-c2ccccc2)cc1. The van der Waals surface area contributed by atoms with E-state index in [4.69, 9.17) is 0 Å². The third-order valence-electron chi connectivity index (χ3n) is 4.01. The van der Waals surface area contributed by atoms with Crippen LogP contribution in [-0.2, 0) is 4.74 Å². The molecule has 1 unspecified atom stereocenters. The molecular weight excluding hydrogens is 325 g/mol. The third-order valence-corrected chi connectivity index (χ3v) is 4.01. The maximum absolute atomic E-state index is 12.5. The first kappa shape index (κ1) is 17.2. The van der Waals surface area contributed by atoms with Gasteiger partial charge in [0.1, 0.15) is 0 Å². The summed E-state index contributed by atoms with van der Waals surface area (Å²) >= 11 is 0. The Balaban J connectivity index is 1.92. The predicted molar refractivity (Wildman–Crippen MR) is 92.9 cm³/mol. The zero-order valence-corrected chi connectivity index (χ0v) is 13.6. The summed E-state index contributed by atoms with van der Waals surface area (Å²) < 4.78 is 41.8. The van der Waals surface area contributed by atoms with Crippen molar-refractivity contribution in [2.24, 2.45) is 0 Å². The van der Waals surface area contributed by atoms with Gasteiger partial charge in [0.15, 0.2) is 0 Å². The van der Waals surface area contributed by atoms with Crippen LogP contribution in [0.3, 0.4) is 0 Å². The highest BCUT2D eigenvalue weighted by molar-refractivity contribution is 5.72. The number of alkyl halides is 3. The Labute approximate surface area is 144 Å². The number of benzene rings is 3. The summed E-state index contributed by atoms with van der Waals surface area (Å²) in [5, 5.41) is 0. The highest BCUT2D eigenvalue weighted by Gasteiger charge is 2.33. The van der Waals surface area contributed by atoms with Crippen LogP contribution in [0.25, 0.3) is 22.3 Å². The van der Waals surface area contributed by atoms with E-state index in [9.17, 15) is 13.2 Å². The zero-order valence-electron chi connectivity index (χ0n) is 13.6. The molecule has 0 saturated carbocycles. The van der Waals surface area contributed by atoms with Gasteiger partial charge in [0.05, 0.1) is 6.10 Å². The molecule has 0 fully saturated rings. The first-order valence-electron chi connectivity index (χ1n) is 7.93. The molecule has 0 aliphatic carbocycles. The normalized spacial score (nSPS) is 12.8. The Hall–Kier alpha value is -2.59. The molecule has 0 radical (unpaired) electrons. The Bertz CT molecular complexity index is 824. The number of hydrogen-bond donors (Lipinski definition) is 0. The summed E-state index contributed by atoms with van der Waals surface area (Å²) in [4.78, 5) is 0. The van der Waals surface area contributed by atoms with E-state index >= 15 is 0 Å². The average molecular weight is 342 g/mol. The van der Waals surface area contributed by atoms with E-state index in [1.165, 1.54) is 6.92 Å². The van der Waals surface area contributed by atoms with Crippen molar-refractivity contribution in [3.63, 3.8) is 0 Å². The largest absolute Gasteiger partial charge is 0.523 e. The minimum Gasteiger partial charge on any atom is -0.284 e. The van der Waals surface area contributed by atoms with E-state index in [0.717, 1.165) is 22.3 Å². The first-order valence-corrected chi connectivity index (χ1v) is 7.93. The van der Waals surface area contributed by atoms with Crippen molar-refractivity contribution in [2.45, 2.75) is 19.4 Å². The van der Waals surface area contributed by atoms with Crippen molar-refractivity contribution in [3.05, 3.63) is 84.4 Å². The topological polar surface area (TPSA) is 9.23 Å². The molecule has 25 heavy (non-hydrogen) atoms. The fourth-order valence-corrected chi connectivity index (χ4v) is 2.85. The molecule has 0 aliphatic rings. The van der Waals surface area contributed by atoms with Crippen molar-refractivity contribution in [2.75, 3.05) is 0 Å². The molecule has 0 aliphatic heterocycles. The van der Waals surface area contributed by atoms with Crippen LogP contribution in [0, 0.1) is 0 Å². The molecule has 1 nitrogen and oxygen atoms in total. The molecule has 0 bridgehead atoms. The summed E-state index contributed by atoms with van der Waals surface area (Å²) in [5.74, 6) is 0. The van der Waals surface area contributed by atoms with Gasteiger partial charge in [0.25, 0.3) is 0 Å². The maximum Gasteiger partial charge on any atom is 0.523 e. The van der Waals surface area contributed by atoms with Crippen molar-refractivity contribution in [3.8, 4) is 22.3 Å². The molecule has 3 aromatic rings. The number of halogens is 3. The molecule has 0 N–H and O–H groups in total. The van der Waals surface area contributed by atoms with Crippen LogP contribution in [0.5, 0.6) is 0 Å². The van der Waals surface area contributed by atoms with Crippen LogP contribution in [0.15, 0.2) is 78.9 Å². The van der Waals surface area contributed by atoms with Gasteiger partial charge in [0.2, 0.25) is 0 Å². The standard InChI is InChI=1S/C21H17F3O/c1-15(25-21(22,23)24)19-9-5-6-10-20(19)18-13-11-17(12-14-18)16-7-3-2-4-8-16/h2-15H,1H3. The van der Waals surface area contributed by atoms with Crippen LogP contribution < -0.4 is 0 Å². The highest BCUT2D eigenvalue weighted by Crippen LogP contribution is 2.34. The number of hydrogen-bond acceptors (Lipinski definition) is 1. The maximum atomic E-state index is 12.5. The lowest BCUT2D eigenvalue weighted by molar-refractivity contribution is -0.342. The average Bonchev–Trinajstić information content (AvgIpc) is 2.61. The van der Waals surface area contributed by atoms with Crippen molar-refractivity contribution in [1.29, 1.82) is 0 Å². The monoisotopic (exact) mass is 342 g/mol. The summed E-state index contributed by atoms with van der Waals surface area (Å²) in [6.07, 6.45) is -5.74. The van der Waals surface area contributed by atoms with Crippen LogP contribution in [0.2, 0.25) is 0 Å². The lowest BCUT2D eigenvalue weighted by Gasteiger charge is -2.19. The Morgan fingerprint density at radius 3 is 1.84 bits per heavy atom. The fourth-order valence-electron chi connectivity index (χ4n) is 2.85. The summed E-state index contributed by atoms with van der Waals surface area (Å²) in [6, 6.07) is 24.7. The molecule has 4 heteroatoms. The molecule has 1 atom stereocenters. The molecule has 3 rings (SSSR count). The minimum absolute atomic E-state index is 0.507. The molecule has 0 aromatic heterocycles. The molecular formula is C21H17F3O. The van der Waals surface area contributed by atoms with E-state index in [1.807, 2.05) is 66.7 Å². The lowest BCUT2D eigenvalue weighted by Crippen LogP contribution is -2.16. The second-order valence-corrected chi connectivity index (χ2v) is 5.74. The van der Waals surface area contributed by atoms with E-state index in [1.54, 1.807) is 12.1 Å². The van der Waals surface area contributed by atoms with Crippen molar-refractivity contribution in [1.82, 2.24) is 0 Å². The van der Waals surface area contributed by atoms with Gasteiger partial charge in [-0.2, -0.15) is 0 Å². The second-order valence-electron chi connectivity index (χ2n) is 5.74. The fraction of sp³-hybridized carbons (Fsp3) is 0.143. The summed E-state index contributed by atoms with van der Waals surface area (Å²) in [5.41, 5.74) is 4.25. The molecule has 0 heterocycles. The van der Waals surface area contributed by atoms with Gasteiger partial charge in [-0.05, 0) is 34.7 Å². The minimum atomic E-state index is -4.66. The van der Waals surface area contributed by atoms with Crippen LogP contribution >= 0.6 is 0 Å². The van der Waals surface area contributed by atoms with E-state index in [2.05, 4.69) is 4.74 Å². The summed E-state index contributed by atoms with van der Waals surface area (Å²) in [7, 11) is 0. The van der Waals surface area contributed by atoms with Gasteiger partial charge in [-0.15, -0.1) is 13.2 Å².